The third-order valence-corrected chi connectivity index (χ3v) is 4.85. The fourth-order valence-corrected chi connectivity index (χ4v) is 3.35. The maximum atomic E-state index is 15.0. The largest absolute Gasteiger partial charge is 0.345 e. The minimum absolute atomic E-state index is 0.164. The zero-order valence-electron chi connectivity index (χ0n) is 18.3. The average molecular weight is 420 g/mol. The molecule has 0 spiro atoms. The number of halogens is 3. The lowest BCUT2D eigenvalue weighted by atomic mass is 10.1. The number of rotatable bonds is 6. The summed E-state index contributed by atoms with van der Waals surface area (Å²) in [6.45, 7) is -3.27. The van der Waals surface area contributed by atoms with Crippen LogP contribution in [0.2, 0.25) is 5.02 Å². The molecule has 2 heterocycles. The Labute approximate surface area is 165 Å². The molecule has 10 heteroatoms. The average Bonchev–Trinajstić information content (AvgIpc) is 3.05. The molecule has 0 atom stereocenters. The Bertz CT molecular complexity index is 1330. The van der Waals surface area contributed by atoms with Crippen LogP contribution in [0, 0.1) is 11.6 Å². The number of nitrogens with one attached hydrogen (secondary N) is 2. The summed E-state index contributed by atoms with van der Waals surface area (Å²) in [5.74, 6) is -5.49. The molecule has 3 aromatic rings. The number of anilines is 1. The van der Waals surface area contributed by atoms with E-state index in [1.165, 1.54) is 12.3 Å². The quantitative estimate of drug-likeness (QED) is 0.468. The number of hydrogen-bond donors (Lipinski definition) is 2. The molecule has 142 valence electrons. The number of carbonyl (C=O) groups is 1. The number of sulfonamides is 1. The molecule has 0 fully saturated rings. The summed E-state index contributed by atoms with van der Waals surface area (Å²) in [7, 11) is -4.74. The van der Waals surface area contributed by atoms with E-state index in [9.17, 15) is 17.6 Å². The van der Waals surface area contributed by atoms with E-state index in [2.05, 4.69) is 9.97 Å². The first-order valence-corrected chi connectivity index (χ1v) is 9.32. The maximum absolute atomic E-state index is 15.0. The molecule has 3 rings (SSSR count). The first-order chi connectivity index (χ1) is 14.6. The molecule has 6 nitrogen and oxygen atoms in total. The van der Waals surface area contributed by atoms with Crippen LogP contribution in [0.25, 0.3) is 11.0 Å². The molecule has 0 aliphatic heterocycles. The third-order valence-electron chi connectivity index (χ3n) is 3.59. The second-order valence-electron chi connectivity index (χ2n) is 5.40. The van der Waals surface area contributed by atoms with Crippen molar-refractivity contribution < 1.29 is 28.8 Å². The highest BCUT2D eigenvalue weighted by Crippen LogP contribution is 2.28. The third kappa shape index (κ3) is 3.79. The molecule has 0 amide bonds. The van der Waals surface area contributed by atoms with Gasteiger partial charge in [0.05, 0.1) is 22.0 Å². The standard InChI is InChI=1S/C17H14ClF2N3O3S/c1-2-5-27(25,26)23-13-4-3-12(19)14(15(13)20)16(24)11-8-22-17-10(11)6-9(18)7-21-17/h3-4,6-8,23H,2,5H2,1H3,(H,21,22)/i1D3,2D2,16+1. The summed E-state index contributed by atoms with van der Waals surface area (Å²) in [6, 6.07) is 2.69. The van der Waals surface area contributed by atoms with Crippen molar-refractivity contribution in [2.45, 2.75) is 13.2 Å². The number of benzene rings is 1. The smallest absolute Gasteiger partial charge is 0.232 e. The molecule has 2 aromatic heterocycles. The summed E-state index contributed by atoms with van der Waals surface area (Å²) in [4.78, 5) is 19.5. The molecule has 1 aromatic carbocycles. The van der Waals surface area contributed by atoms with Gasteiger partial charge in [-0.05, 0) is 24.6 Å². The molecular weight excluding hydrogens is 401 g/mol. The number of carbonyl (C=O) groups excluding carboxylic acids is 1. The summed E-state index contributed by atoms with van der Waals surface area (Å²) in [5, 5.41) is 0.343. The van der Waals surface area contributed by atoms with Gasteiger partial charge in [0.25, 0.3) is 0 Å². The second-order valence-corrected chi connectivity index (χ2v) is 7.56. The van der Waals surface area contributed by atoms with Crippen molar-refractivity contribution in [2.24, 2.45) is 0 Å². The fraction of sp³-hybridized carbons (Fsp3) is 0.176. The predicted octanol–water partition coefficient (Wildman–Crippen LogP) is 3.88. The molecule has 27 heavy (non-hydrogen) atoms. The van der Waals surface area contributed by atoms with E-state index >= 15 is 4.39 Å². The summed E-state index contributed by atoms with van der Waals surface area (Å²) < 4.78 is 91.7. The van der Waals surface area contributed by atoms with Gasteiger partial charge in [0.15, 0.2) is 5.82 Å². The summed E-state index contributed by atoms with van der Waals surface area (Å²) in [6.07, 6.45) is -0.690. The summed E-state index contributed by atoms with van der Waals surface area (Å²) in [5.41, 5.74) is -1.88. The zero-order valence-corrected chi connectivity index (χ0v) is 14.9. The second kappa shape index (κ2) is 7.24. The van der Waals surface area contributed by atoms with Crippen LogP contribution in [0.1, 0.15) is 36.0 Å². The Kier molecular flexibility index (Phi) is 3.65. The van der Waals surface area contributed by atoms with Crippen LogP contribution in [0.4, 0.5) is 14.5 Å². The number of aromatic nitrogens is 2. The van der Waals surface area contributed by atoms with Crippen molar-refractivity contribution in [1.82, 2.24) is 9.97 Å². The number of nitrogens with zero attached hydrogens (tertiary/aromatic N) is 1. The van der Waals surface area contributed by atoms with Gasteiger partial charge in [-0.1, -0.05) is 18.5 Å². The van der Waals surface area contributed by atoms with Gasteiger partial charge in [-0.3, -0.25) is 9.52 Å². The van der Waals surface area contributed by atoms with Gasteiger partial charge in [-0.15, -0.1) is 0 Å². The van der Waals surface area contributed by atoms with Crippen molar-refractivity contribution in [3.8, 4) is 0 Å². The Morgan fingerprint density at radius 1 is 1.44 bits per heavy atom. The van der Waals surface area contributed by atoms with Gasteiger partial charge >= 0.3 is 0 Å². The van der Waals surface area contributed by atoms with Crippen molar-refractivity contribution >= 4 is 44.1 Å². The Morgan fingerprint density at radius 3 is 2.96 bits per heavy atom. The number of aromatic amines is 1. The normalized spacial score (nSPS) is 15.4. The minimum atomic E-state index is -4.74. The van der Waals surface area contributed by atoms with Gasteiger partial charge in [-0.2, -0.15) is 0 Å². The number of H-pyrrole nitrogens is 1. The number of ketones is 1. The van der Waals surface area contributed by atoms with E-state index < -0.39 is 57.7 Å². The number of fused-ring (bicyclic) bond motifs is 1. The first-order valence-electron chi connectivity index (χ1n) is 9.79. The topological polar surface area (TPSA) is 91.9 Å². The predicted molar refractivity (Wildman–Crippen MR) is 98.6 cm³/mol. The van der Waals surface area contributed by atoms with E-state index in [4.69, 9.17) is 18.5 Å². The van der Waals surface area contributed by atoms with Gasteiger partial charge in [0, 0.05) is 30.2 Å². The number of pyridine rings is 1. The van der Waals surface area contributed by atoms with Crippen LogP contribution in [0.3, 0.4) is 0 Å². The molecule has 2 N–H and O–H groups in total. The molecule has 0 aliphatic rings. The zero-order chi connectivity index (χ0) is 24.1. The maximum Gasteiger partial charge on any atom is 0.232 e. The summed E-state index contributed by atoms with van der Waals surface area (Å²) >= 11 is 5.86. The van der Waals surface area contributed by atoms with E-state index in [0.29, 0.717) is 12.1 Å². The first kappa shape index (κ1) is 13.6. The Morgan fingerprint density at radius 2 is 2.22 bits per heavy atom. The molecule has 0 radical (unpaired) electrons. The van der Waals surface area contributed by atoms with Crippen LogP contribution in [-0.2, 0) is 10.0 Å². The van der Waals surface area contributed by atoms with Crippen molar-refractivity contribution in [1.29, 1.82) is 0 Å². The highest BCUT2D eigenvalue weighted by atomic mass is 35.5. The Balaban J connectivity index is 2.00. The van der Waals surface area contributed by atoms with E-state index in [-0.39, 0.29) is 21.6 Å². The van der Waals surface area contributed by atoms with Gasteiger partial charge in [0.1, 0.15) is 11.5 Å². The van der Waals surface area contributed by atoms with Crippen molar-refractivity contribution in [3.05, 3.63) is 58.4 Å². The van der Waals surface area contributed by atoms with Crippen LogP contribution in [-0.4, -0.2) is 29.9 Å². The molecule has 0 bridgehead atoms. The number of hydrogen-bond acceptors (Lipinski definition) is 4. The van der Waals surface area contributed by atoms with Gasteiger partial charge in [-0.25, -0.2) is 22.2 Å². The highest BCUT2D eigenvalue weighted by Gasteiger charge is 2.25. The monoisotopic (exact) mass is 419 g/mol. The van der Waals surface area contributed by atoms with Crippen LogP contribution >= 0.6 is 11.6 Å². The van der Waals surface area contributed by atoms with E-state index in [1.54, 1.807) is 4.72 Å². The Hall–Kier alpha value is -2.52. The molecule has 0 saturated heterocycles. The lowest BCUT2D eigenvalue weighted by Gasteiger charge is -2.11. The molecular formula is C17H14ClF2N3O3S. The van der Waals surface area contributed by atoms with Crippen LogP contribution < -0.4 is 4.72 Å². The van der Waals surface area contributed by atoms with Crippen LogP contribution in [0.5, 0.6) is 0 Å². The SMILES string of the molecule is [2H]C([2H])([2H])C([2H])([2H])CS(=O)(=O)Nc1ccc(F)c([13C](=O)c2c[nH]c3ncc(Cl)cc23)c1F. The van der Waals surface area contributed by atoms with Crippen LogP contribution in [0.15, 0.2) is 30.6 Å². The lowest BCUT2D eigenvalue weighted by molar-refractivity contribution is 0.103. The van der Waals surface area contributed by atoms with E-state index in [0.717, 1.165) is 6.20 Å². The molecule has 0 unspecified atom stereocenters. The van der Waals surface area contributed by atoms with E-state index in [1.807, 2.05) is 0 Å². The van der Waals surface area contributed by atoms with Gasteiger partial charge in [0.2, 0.25) is 15.8 Å². The van der Waals surface area contributed by atoms with Crippen molar-refractivity contribution in [3.63, 3.8) is 0 Å². The van der Waals surface area contributed by atoms with Gasteiger partial charge < -0.3 is 4.98 Å². The highest BCUT2D eigenvalue weighted by molar-refractivity contribution is 7.92. The fourth-order valence-electron chi connectivity index (χ4n) is 2.44. The molecule has 0 saturated carbocycles. The lowest BCUT2D eigenvalue weighted by Crippen LogP contribution is -2.18. The minimum Gasteiger partial charge on any atom is -0.345 e. The van der Waals surface area contributed by atoms with Crippen molar-refractivity contribution in [2.75, 3.05) is 10.5 Å². The molecule has 0 aliphatic carbocycles.